The van der Waals surface area contributed by atoms with Gasteiger partial charge < -0.3 is 5.11 Å². The molecule has 3 nitrogen and oxygen atoms in total. The van der Waals surface area contributed by atoms with Crippen LogP contribution < -0.4 is 0 Å². The van der Waals surface area contributed by atoms with E-state index in [2.05, 4.69) is 0 Å². The summed E-state index contributed by atoms with van der Waals surface area (Å²) < 4.78 is 0. The van der Waals surface area contributed by atoms with Gasteiger partial charge in [0.1, 0.15) is 0 Å². The summed E-state index contributed by atoms with van der Waals surface area (Å²) in [6.45, 7) is 6.19. The summed E-state index contributed by atoms with van der Waals surface area (Å²) in [6, 6.07) is 0. The van der Waals surface area contributed by atoms with Crippen LogP contribution in [0.3, 0.4) is 0 Å². The summed E-state index contributed by atoms with van der Waals surface area (Å²) in [5.74, 6) is 0. The molecule has 3 heteroatoms. The van der Waals surface area contributed by atoms with E-state index < -0.39 is 0 Å². The molecule has 1 N–H and O–H groups in total. The smallest absolute Gasteiger partial charge is 0.0656 e. The maximum atomic E-state index is 8.47. The van der Waals surface area contributed by atoms with Crippen LogP contribution in [0.1, 0.15) is 13.8 Å². The summed E-state index contributed by atoms with van der Waals surface area (Å²) in [6.07, 6.45) is 0. The zero-order chi connectivity index (χ0) is 7.11. The second-order valence-corrected chi connectivity index (χ2v) is 1.66. The van der Waals surface area contributed by atoms with Crippen LogP contribution in [-0.2, 0) is 4.84 Å². The Bertz CT molecular complexity index is 53.0. The lowest BCUT2D eigenvalue weighted by Crippen LogP contribution is -2.26. The van der Waals surface area contributed by atoms with Crippen molar-refractivity contribution in [3.05, 3.63) is 0 Å². The Kier molecular flexibility index (Phi) is 5.93. The number of likely N-dealkylation sites (N-methyl/N-ethyl adjacent to an activating group) is 1. The fraction of sp³-hybridized carbons (Fsp3) is 1.00. The normalized spacial score (nSPS) is 10.7. The molecule has 0 rings (SSSR count). The van der Waals surface area contributed by atoms with E-state index in [-0.39, 0.29) is 6.61 Å². The molecule has 0 aliphatic carbocycles. The van der Waals surface area contributed by atoms with Gasteiger partial charge in [0.2, 0.25) is 0 Å². The first kappa shape index (κ1) is 8.88. The highest BCUT2D eigenvalue weighted by molar-refractivity contribution is 4.37. The molecule has 0 aromatic heterocycles. The van der Waals surface area contributed by atoms with E-state index in [1.807, 2.05) is 13.8 Å². The summed E-state index contributed by atoms with van der Waals surface area (Å²) in [4.78, 5) is 5.10. The van der Waals surface area contributed by atoms with Gasteiger partial charge in [0.05, 0.1) is 13.2 Å². The highest BCUT2D eigenvalue weighted by Gasteiger charge is 1.97. The third kappa shape index (κ3) is 4.39. The molecule has 0 amide bonds. The summed E-state index contributed by atoms with van der Waals surface area (Å²) in [5, 5.41) is 10.2. The van der Waals surface area contributed by atoms with Crippen LogP contribution in [0, 0.1) is 0 Å². The first-order valence-corrected chi connectivity index (χ1v) is 3.33. The lowest BCUT2D eigenvalue weighted by atomic mass is 10.6. The number of aliphatic hydroxyl groups excluding tert-OH is 1. The van der Waals surface area contributed by atoms with Gasteiger partial charge in [-0.3, -0.25) is 4.84 Å². The van der Waals surface area contributed by atoms with Gasteiger partial charge >= 0.3 is 0 Å². The average molecular weight is 133 g/mol. The van der Waals surface area contributed by atoms with Crippen molar-refractivity contribution < 1.29 is 9.94 Å². The molecule has 0 radical (unpaired) electrons. The monoisotopic (exact) mass is 133 g/mol. The van der Waals surface area contributed by atoms with Gasteiger partial charge in [-0.2, -0.15) is 5.06 Å². The Morgan fingerprint density at radius 1 is 1.44 bits per heavy atom. The van der Waals surface area contributed by atoms with Gasteiger partial charge in [-0.05, 0) is 6.92 Å². The highest BCUT2D eigenvalue weighted by atomic mass is 16.7. The summed E-state index contributed by atoms with van der Waals surface area (Å²) in [5.41, 5.74) is 0. The predicted molar refractivity (Wildman–Crippen MR) is 36.0 cm³/mol. The van der Waals surface area contributed by atoms with Crippen LogP contribution in [0.25, 0.3) is 0 Å². The van der Waals surface area contributed by atoms with E-state index in [0.717, 1.165) is 6.54 Å². The van der Waals surface area contributed by atoms with Crippen molar-refractivity contribution in [2.24, 2.45) is 0 Å². The fourth-order valence-corrected chi connectivity index (χ4v) is 0.608. The second kappa shape index (κ2) is 6.01. The van der Waals surface area contributed by atoms with Crippen LogP contribution in [0.5, 0.6) is 0 Å². The molecule has 0 heterocycles. The quantitative estimate of drug-likeness (QED) is 0.546. The largest absolute Gasteiger partial charge is 0.395 e. The molecular formula is C6H15NO2. The maximum absolute atomic E-state index is 8.47. The molecular weight excluding hydrogens is 118 g/mol. The first-order valence-electron chi connectivity index (χ1n) is 3.33. The highest BCUT2D eigenvalue weighted by Crippen LogP contribution is 1.86. The van der Waals surface area contributed by atoms with Crippen LogP contribution >= 0.6 is 0 Å². The van der Waals surface area contributed by atoms with Crippen LogP contribution in [-0.4, -0.2) is 36.5 Å². The Morgan fingerprint density at radius 2 is 2.11 bits per heavy atom. The van der Waals surface area contributed by atoms with Crippen LogP contribution in [0.4, 0.5) is 0 Å². The molecule has 0 saturated carbocycles. The van der Waals surface area contributed by atoms with Crippen molar-refractivity contribution >= 4 is 0 Å². The maximum Gasteiger partial charge on any atom is 0.0656 e. The minimum Gasteiger partial charge on any atom is -0.395 e. The first-order chi connectivity index (χ1) is 4.35. The summed E-state index contributed by atoms with van der Waals surface area (Å²) in [7, 11) is 0. The molecule has 0 saturated heterocycles. The van der Waals surface area contributed by atoms with E-state index >= 15 is 0 Å². The van der Waals surface area contributed by atoms with E-state index in [1.54, 1.807) is 5.06 Å². The summed E-state index contributed by atoms with van der Waals surface area (Å²) >= 11 is 0. The third-order valence-corrected chi connectivity index (χ3v) is 1.01. The molecule has 0 spiro atoms. The van der Waals surface area contributed by atoms with Gasteiger partial charge in [-0.15, -0.1) is 0 Å². The number of nitrogens with zero attached hydrogens (tertiary/aromatic N) is 1. The topological polar surface area (TPSA) is 32.7 Å². The van der Waals surface area contributed by atoms with Gasteiger partial charge in [0.25, 0.3) is 0 Å². The molecule has 0 aliphatic heterocycles. The zero-order valence-electron chi connectivity index (χ0n) is 6.13. The van der Waals surface area contributed by atoms with Gasteiger partial charge in [-0.1, -0.05) is 6.92 Å². The average Bonchev–Trinajstić information content (AvgIpc) is 1.88. The minimum absolute atomic E-state index is 0.161. The molecule has 0 atom stereocenters. The Balaban J connectivity index is 3.18. The lowest BCUT2D eigenvalue weighted by molar-refractivity contribution is -0.156. The third-order valence-electron chi connectivity index (χ3n) is 1.01. The molecule has 0 aliphatic rings. The number of rotatable bonds is 5. The van der Waals surface area contributed by atoms with Crippen molar-refractivity contribution in [3.8, 4) is 0 Å². The molecule has 9 heavy (non-hydrogen) atoms. The predicted octanol–water partition coefficient (Wildman–Crippen LogP) is 0.252. The fourth-order valence-electron chi connectivity index (χ4n) is 0.608. The lowest BCUT2D eigenvalue weighted by Gasteiger charge is -2.16. The molecule has 0 fully saturated rings. The SMILES string of the molecule is CCON(CC)CCO. The molecule has 0 unspecified atom stereocenters. The van der Waals surface area contributed by atoms with Crippen molar-refractivity contribution in [2.45, 2.75) is 13.8 Å². The Labute approximate surface area is 56.2 Å². The number of hydrogen-bond acceptors (Lipinski definition) is 3. The van der Waals surface area contributed by atoms with E-state index in [0.29, 0.717) is 13.2 Å². The van der Waals surface area contributed by atoms with E-state index in [4.69, 9.17) is 9.94 Å². The van der Waals surface area contributed by atoms with Crippen molar-refractivity contribution in [2.75, 3.05) is 26.3 Å². The van der Waals surface area contributed by atoms with Crippen LogP contribution in [0.15, 0.2) is 0 Å². The number of aliphatic hydroxyl groups is 1. The molecule has 0 aromatic carbocycles. The number of hydroxylamine groups is 2. The van der Waals surface area contributed by atoms with Gasteiger partial charge in [-0.25, -0.2) is 0 Å². The molecule has 56 valence electrons. The zero-order valence-corrected chi connectivity index (χ0v) is 6.13. The Hall–Kier alpha value is -0.120. The number of hydrogen-bond donors (Lipinski definition) is 1. The van der Waals surface area contributed by atoms with E-state index in [1.165, 1.54) is 0 Å². The van der Waals surface area contributed by atoms with Crippen molar-refractivity contribution in [1.82, 2.24) is 5.06 Å². The second-order valence-electron chi connectivity index (χ2n) is 1.66. The minimum atomic E-state index is 0.161. The molecule has 0 bridgehead atoms. The van der Waals surface area contributed by atoms with Crippen molar-refractivity contribution in [3.63, 3.8) is 0 Å². The van der Waals surface area contributed by atoms with E-state index in [9.17, 15) is 0 Å². The Morgan fingerprint density at radius 3 is 2.44 bits per heavy atom. The van der Waals surface area contributed by atoms with Crippen molar-refractivity contribution in [1.29, 1.82) is 0 Å². The van der Waals surface area contributed by atoms with Gasteiger partial charge in [0, 0.05) is 13.1 Å². The standard InChI is InChI=1S/C6H15NO2/c1-3-7(5-6-8)9-4-2/h8H,3-6H2,1-2H3. The van der Waals surface area contributed by atoms with Gasteiger partial charge in [0.15, 0.2) is 0 Å². The molecule has 0 aromatic rings. The van der Waals surface area contributed by atoms with Crippen LogP contribution in [0.2, 0.25) is 0 Å².